The van der Waals surface area contributed by atoms with Crippen LogP contribution in [-0.2, 0) is 14.3 Å². The van der Waals surface area contributed by atoms with Crippen molar-refractivity contribution in [3.63, 3.8) is 0 Å². The Morgan fingerprint density at radius 1 is 1.56 bits per heavy atom. The molecule has 0 aromatic rings. The number of carbonyl (C=O) groups is 1. The van der Waals surface area contributed by atoms with Crippen LogP contribution in [0.2, 0.25) is 0 Å². The normalized spacial score (nSPS) is 24.6. The van der Waals surface area contributed by atoms with Crippen LogP contribution in [0.4, 0.5) is 0 Å². The van der Waals surface area contributed by atoms with E-state index in [9.17, 15) is 4.79 Å². The molecule has 1 saturated heterocycles. The lowest BCUT2D eigenvalue weighted by molar-refractivity contribution is -0.140. The van der Waals surface area contributed by atoms with Crippen LogP contribution in [0.15, 0.2) is 0 Å². The number of nitrogens with one attached hydrogen (secondary N) is 1. The van der Waals surface area contributed by atoms with Crippen molar-refractivity contribution in [3.05, 3.63) is 0 Å². The number of ether oxygens (including phenoxy) is 2. The molecule has 2 unspecified atom stereocenters. The second-order valence-corrected chi connectivity index (χ2v) is 4.25. The second-order valence-electron chi connectivity index (χ2n) is 4.25. The van der Waals surface area contributed by atoms with Crippen molar-refractivity contribution in [2.45, 2.75) is 38.7 Å². The van der Waals surface area contributed by atoms with Crippen molar-refractivity contribution in [1.82, 2.24) is 5.32 Å². The van der Waals surface area contributed by atoms with Crippen LogP contribution in [0.25, 0.3) is 0 Å². The first kappa shape index (κ1) is 13.5. The van der Waals surface area contributed by atoms with Gasteiger partial charge in [-0.25, -0.2) is 0 Å². The van der Waals surface area contributed by atoms with Crippen molar-refractivity contribution in [2.24, 2.45) is 5.92 Å². The maximum absolute atomic E-state index is 10.9. The van der Waals surface area contributed by atoms with E-state index in [0.29, 0.717) is 18.4 Å². The number of hydrogen-bond acceptors (Lipinski definition) is 4. The van der Waals surface area contributed by atoms with Crippen LogP contribution >= 0.6 is 0 Å². The molecule has 0 radical (unpaired) electrons. The molecule has 4 heteroatoms. The van der Waals surface area contributed by atoms with E-state index in [1.807, 2.05) is 0 Å². The molecule has 0 amide bonds. The van der Waals surface area contributed by atoms with Crippen LogP contribution in [0.1, 0.15) is 32.6 Å². The minimum Gasteiger partial charge on any atom is -0.469 e. The van der Waals surface area contributed by atoms with Gasteiger partial charge in [0, 0.05) is 19.6 Å². The van der Waals surface area contributed by atoms with Crippen molar-refractivity contribution < 1.29 is 14.3 Å². The molecule has 16 heavy (non-hydrogen) atoms. The summed E-state index contributed by atoms with van der Waals surface area (Å²) in [4.78, 5) is 10.9. The first-order valence-corrected chi connectivity index (χ1v) is 6.17. The molecular weight excluding hydrogens is 206 g/mol. The molecule has 0 spiro atoms. The fourth-order valence-corrected chi connectivity index (χ4v) is 2.12. The second kappa shape index (κ2) is 7.63. The molecule has 1 aliphatic rings. The van der Waals surface area contributed by atoms with Crippen LogP contribution in [0.3, 0.4) is 0 Å². The summed E-state index contributed by atoms with van der Waals surface area (Å²) in [5.41, 5.74) is 0. The highest BCUT2D eigenvalue weighted by Crippen LogP contribution is 2.22. The van der Waals surface area contributed by atoms with Crippen molar-refractivity contribution in [1.29, 1.82) is 0 Å². The lowest BCUT2D eigenvalue weighted by Crippen LogP contribution is -2.29. The summed E-state index contributed by atoms with van der Waals surface area (Å²) in [6.45, 7) is 4.94. The standard InChI is InChI=1S/C12H23NO3/c1-3-11-10(6-8-16-11)9-13-7-4-5-12(14)15-2/h10-11,13H,3-9H2,1-2H3. The van der Waals surface area contributed by atoms with E-state index in [4.69, 9.17) is 4.74 Å². The van der Waals surface area contributed by atoms with Crippen molar-refractivity contribution in [2.75, 3.05) is 26.8 Å². The summed E-state index contributed by atoms with van der Waals surface area (Å²) in [5.74, 6) is 0.514. The maximum atomic E-state index is 10.9. The molecule has 0 saturated carbocycles. The van der Waals surface area contributed by atoms with Gasteiger partial charge in [-0.15, -0.1) is 0 Å². The Morgan fingerprint density at radius 3 is 3.06 bits per heavy atom. The lowest BCUT2D eigenvalue weighted by atomic mass is 10.00. The van der Waals surface area contributed by atoms with Gasteiger partial charge in [-0.3, -0.25) is 4.79 Å². The molecule has 0 aromatic heterocycles. The molecule has 1 N–H and O–H groups in total. The molecule has 94 valence electrons. The average molecular weight is 229 g/mol. The zero-order valence-electron chi connectivity index (χ0n) is 10.3. The van der Waals surface area contributed by atoms with Crippen molar-refractivity contribution in [3.8, 4) is 0 Å². The predicted molar refractivity (Wildman–Crippen MR) is 62.3 cm³/mol. The van der Waals surface area contributed by atoms with Crippen LogP contribution in [0, 0.1) is 5.92 Å². The molecule has 0 aromatic carbocycles. The fourth-order valence-electron chi connectivity index (χ4n) is 2.12. The van der Waals surface area contributed by atoms with Crippen LogP contribution in [0.5, 0.6) is 0 Å². The Hall–Kier alpha value is -0.610. The van der Waals surface area contributed by atoms with E-state index in [-0.39, 0.29) is 5.97 Å². The van der Waals surface area contributed by atoms with E-state index in [1.54, 1.807) is 0 Å². The summed E-state index contributed by atoms with van der Waals surface area (Å²) >= 11 is 0. The van der Waals surface area contributed by atoms with Crippen molar-refractivity contribution >= 4 is 5.97 Å². The summed E-state index contributed by atoms with van der Waals surface area (Å²) in [6, 6.07) is 0. The smallest absolute Gasteiger partial charge is 0.305 e. The lowest BCUT2D eigenvalue weighted by Gasteiger charge is -2.17. The Morgan fingerprint density at radius 2 is 2.38 bits per heavy atom. The third-order valence-corrected chi connectivity index (χ3v) is 3.12. The monoisotopic (exact) mass is 229 g/mol. The largest absolute Gasteiger partial charge is 0.469 e. The summed E-state index contributed by atoms with van der Waals surface area (Å²) in [6.07, 6.45) is 4.02. The average Bonchev–Trinajstić information content (AvgIpc) is 2.75. The summed E-state index contributed by atoms with van der Waals surface area (Å²) in [5, 5.41) is 3.38. The van der Waals surface area contributed by atoms with Gasteiger partial charge in [0.1, 0.15) is 0 Å². The molecule has 0 bridgehead atoms. The topological polar surface area (TPSA) is 47.6 Å². The SMILES string of the molecule is CCC1OCCC1CNCCCC(=O)OC. The number of carbonyl (C=O) groups excluding carboxylic acids is 1. The quantitative estimate of drug-likeness (QED) is 0.529. The van der Waals surface area contributed by atoms with Gasteiger partial charge < -0.3 is 14.8 Å². The Labute approximate surface area is 97.7 Å². The summed E-state index contributed by atoms with van der Waals surface area (Å²) < 4.78 is 10.2. The number of hydrogen-bond donors (Lipinski definition) is 1. The van der Waals surface area contributed by atoms with E-state index in [1.165, 1.54) is 7.11 Å². The van der Waals surface area contributed by atoms with Gasteiger partial charge in [0.05, 0.1) is 13.2 Å². The Bertz CT molecular complexity index is 208. The van der Waals surface area contributed by atoms with E-state index in [0.717, 1.165) is 39.0 Å². The van der Waals surface area contributed by atoms with E-state index in [2.05, 4.69) is 17.0 Å². The third kappa shape index (κ3) is 4.49. The molecule has 1 rings (SSSR count). The Balaban J connectivity index is 2.00. The number of methoxy groups -OCH3 is 1. The first-order chi connectivity index (χ1) is 7.77. The molecule has 4 nitrogen and oxygen atoms in total. The minimum atomic E-state index is -0.127. The van der Waals surface area contributed by atoms with Crippen LogP contribution < -0.4 is 5.32 Å². The fraction of sp³-hybridized carbons (Fsp3) is 0.917. The predicted octanol–water partition coefficient (Wildman–Crippen LogP) is 1.34. The molecule has 1 fully saturated rings. The molecule has 1 aliphatic heterocycles. The van der Waals surface area contributed by atoms with Crippen LogP contribution in [-0.4, -0.2) is 38.9 Å². The first-order valence-electron chi connectivity index (χ1n) is 6.17. The Kier molecular flexibility index (Phi) is 6.42. The number of esters is 1. The molecule has 2 atom stereocenters. The van der Waals surface area contributed by atoms with Gasteiger partial charge >= 0.3 is 5.97 Å². The zero-order valence-corrected chi connectivity index (χ0v) is 10.3. The highest BCUT2D eigenvalue weighted by atomic mass is 16.5. The summed E-state index contributed by atoms with van der Waals surface area (Å²) in [7, 11) is 1.43. The minimum absolute atomic E-state index is 0.127. The van der Waals surface area contributed by atoms with E-state index >= 15 is 0 Å². The van der Waals surface area contributed by atoms with Gasteiger partial charge in [0.2, 0.25) is 0 Å². The highest BCUT2D eigenvalue weighted by molar-refractivity contribution is 5.69. The molecular formula is C12H23NO3. The van der Waals surface area contributed by atoms with Gasteiger partial charge in [0.25, 0.3) is 0 Å². The zero-order chi connectivity index (χ0) is 11.8. The molecule has 0 aliphatic carbocycles. The number of rotatable bonds is 7. The van der Waals surface area contributed by atoms with Gasteiger partial charge in [-0.05, 0) is 31.7 Å². The molecule has 1 heterocycles. The van der Waals surface area contributed by atoms with E-state index < -0.39 is 0 Å². The van der Waals surface area contributed by atoms with Gasteiger partial charge in [0.15, 0.2) is 0 Å². The van der Waals surface area contributed by atoms with Gasteiger partial charge in [-0.1, -0.05) is 6.92 Å². The highest BCUT2D eigenvalue weighted by Gasteiger charge is 2.25. The van der Waals surface area contributed by atoms with Gasteiger partial charge in [-0.2, -0.15) is 0 Å². The third-order valence-electron chi connectivity index (χ3n) is 3.12. The maximum Gasteiger partial charge on any atom is 0.305 e.